The fourth-order valence-electron chi connectivity index (χ4n) is 3.36. The summed E-state index contributed by atoms with van der Waals surface area (Å²) in [6.07, 6.45) is -0.151. The third-order valence-corrected chi connectivity index (χ3v) is 7.65. The van der Waals surface area contributed by atoms with Gasteiger partial charge >= 0.3 is 5.97 Å². The zero-order valence-electron chi connectivity index (χ0n) is 15.5. The van der Waals surface area contributed by atoms with Crippen LogP contribution in [0.25, 0.3) is 0 Å². The lowest BCUT2D eigenvalue weighted by Gasteiger charge is -2.25. The van der Waals surface area contributed by atoms with Gasteiger partial charge in [0.15, 0.2) is 5.76 Å². The van der Waals surface area contributed by atoms with Gasteiger partial charge in [0, 0.05) is 20.4 Å². The van der Waals surface area contributed by atoms with Crippen LogP contribution in [0.1, 0.15) is 26.2 Å². The van der Waals surface area contributed by atoms with Crippen LogP contribution in [-0.2, 0) is 16.0 Å². The molecule has 1 atom stereocenters. The van der Waals surface area contributed by atoms with Crippen LogP contribution in [0.5, 0.6) is 0 Å². The van der Waals surface area contributed by atoms with Crippen LogP contribution in [0, 0.1) is 0 Å². The first-order valence-corrected chi connectivity index (χ1v) is 11.7. The highest BCUT2D eigenvalue weighted by molar-refractivity contribution is 9.10. The number of amides is 1. The highest BCUT2D eigenvalue weighted by Crippen LogP contribution is 2.45. The number of Topliss-reactive ketones (excluding diaryl/α,β-unsaturated/α-hetero) is 1. The van der Waals surface area contributed by atoms with Crippen LogP contribution in [-0.4, -0.2) is 27.9 Å². The second-order valence-corrected chi connectivity index (χ2v) is 10.3. The average Bonchev–Trinajstić information content (AvgIpc) is 3.41. The molecule has 2 N–H and O–H groups in total. The quantitative estimate of drug-likeness (QED) is 0.396. The maximum absolute atomic E-state index is 13.2. The first-order chi connectivity index (χ1) is 14.8. The summed E-state index contributed by atoms with van der Waals surface area (Å²) in [5.41, 5.74) is 0.986. The fraction of sp³-hybridized carbons (Fsp3) is 0.0952. The van der Waals surface area contributed by atoms with Gasteiger partial charge in [-0.1, -0.05) is 23.7 Å². The Labute approximate surface area is 198 Å². The van der Waals surface area contributed by atoms with Gasteiger partial charge in [0.1, 0.15) is 6.04 Å². The number of carbonyl (C=O) groups excluding carboxylic acids is 2. The summed E-state index contributed by atoms with van der Waals surface area (Å²) in [5.74, 6) is -2.75. The lowest BCUT2D eigenvalue weighted by Crippen LogP contribution is -2.30. The van der Waals surface area contributed by atoms with Gasteiger partial charge in [0.25, 0.3) is 5.91 Å². The molecular weight excluding hydrogens is 526 g/mol. The van der Waals surface area contributed by atoms with E-state index >= 15 is 0 Å². The first kappa shape index (κ1) is 21.8. The number of hydrogen-bond acceptors (Lipinski definition) is 6. The van der Waals surface area contributed by atoms with Crippen molar-refractivity contribution in [2.45, 2.75) is 12.5 Å². The number of anilines is 1. The van der Waals surface area contributed by atoms with Gasteiger partial charge in [0.2, 0.25) is 5.78 Å². The molecule has 0 unspecified atom stereocenters. The molecule has 0 aliphatic carbocycles. The molecule has 1 aliphatic rings. The molecule has 0 bridgehead atoms. The SMILES string of the molecule is O=C(O)Cc1ccc(N2C(=O)C(O)=C(C(=O)c3ccc(Cl)s3)[C@@H]2c2cc(Br)cs2)cc1. The molecule has 158 valence electrons. The standard InChI is InChI=1S/C21H13BrClNO5S2/c22-11-8-14(30-9-11)18-17(19(27)13-5-6-15(23)31-13)20(28)21(29)24(18)12-3-1-10(2-4-12)7-16(25)26/h1-6,8-9,18,28H,7H2,(H,25,26)/t18-/m0/s1. The highest BCUT2D eigenvalue weighted by Gasteiger charge is 2.45. The van der Waals surface area contributed by atoms with E-state index in [-0.39, 0.29) is 12.0 Å². The van der Waals surface area contributed by atoms with Crippen molar-refractivity contribution in [2.75, 3.05) is 4.90 Å². The van der Waals surface area contributed by atoms with E-state index in [0.29, 0.717) is 25.3 Å². The molecule has 1 amide bonds. The molecule has 1 aliphatic heterocycles. The van der Waals surface area contributed by atoms with Crippen molar-refractivity contribution in [3.8, 4) is 0 Å². The minimum absolute atomic E-state index is 0.0209. The van der Waals surface area contributed by atoms with Crippen molar-refractivity contribution in [1.82, 2.24) is 0 Å². The average molecular weight is 539 g/mol. The zero-order valence-corrected chi connectivity index (χ0v) is 19.5. The van der Waals surface area contributed by atoms with Crippen molar-refractivity contribution in [1.29, 1.82) is 0 Å². The Morgan fingerprint density at radius 2 is 1.87 bits per heavy atom. The minimum atomic E-state index is -0.965. The maximum atomic E-state index is 13.2. The van der Waals surface area contributed by atoms with E-state index in [1.807, 2.05) is 5.38 Å². The smallest absolute Gasteiger partial charge is 0.307 e. The third-order valence-electron chi connectivity index (χ3n) is 4.68. The number of aliphatic hydroxyl groups is 1. The summed E-state index contributed by atoms with van der Waals surface area (Å²) in [4.78, 5) is 39.6. The summed E-state index contributed by atoms with van der Waals surface area (Å²) in [6.45, 7) is 0. The number of rotatable bonds is 6. The van der Waals surface area contributed by atoms with Crippen LogP contribution in [0.4, 0.5) is 5.69 Å². The van der Waals surface area contributed by atoms with E-state index in [0.717, 1.165) is 15.8 Å². The molecule has 3 aromatic rings. The molecule has 31 heavy (non-hydrogen) atoms. The van der Waals surface area contributed by atoms with Crippen LogP contribution in [0.2, 0.25) is 4.34 Å². The summed E-state index contributed by atoms with van der Waals surface area (Å²) < 4.78 is 1.21. The number of aliphatic hydroxyl groups excluding tert-OH is 1. The van der Waals surface area contributed by atoms with Gasteiger partial charge in [-0.25, -0.2) is 0 Å². The van der Waals surface area contributed by atoms with Crippen molar-refractivity contribution in [3.63, 3.8) is 0 Å². The van der Waals surface area contributed by atoms with Crippen LogP contribution in [0.3, 0.4) is 0 Å². The van der Waals surface area contributed by atoms with E-state index < -0.39 is 29.5 Å². The van der Waals surface area contributed by atoms with Crippen molar-refractivity contribution >= 4 is 73.6 Å². The Hall–Kier alpha value is -2.46. The number of nitrogens with zero attached hydrogens (tertiary/aromatic N) is 1. The first-order valence-electron chi connectivity index (χ1n) is 8.87. The third kappa shape index (κ3) is 4.18. The summed E-state index contributed by atoms with van der Waals surface area (Å²) in [7, 11) is 0. The molecule has 6 nitrogen and oxygen atoms in total. The summed E-state index contributed by atoms with van der Waals surface area (Å²) in [6, 6.07) is 10.5. The molecule has 0 saturated heterocycles. The normalized spacial score (nSPS) is 16.3. The van der Waals surface area contributed by atoms with Gasteiger partial charge in [-0.2, -0.15) is 0 Å². The number of hydrogen-bond donors (Lipinski definition) is 2. The van der Waals surface area contributed by atoms with Crippen LogP contribution >= 0.6 is 50.2 Å². The van der Waals surface area contributed by atoms with Crippen molar-refractivity contribution < 1.29 is 24.6 Å². The van der Waals surface area contributed by atoms with E-state index in [9.17, 15) is 19.5 Å². The second kappa shape index (κ2) is 8.58. The molecule has 10 heteroatoms. The predicted molar refractivity (Wildman–Crippen MR) is 123 cm³/mol. The van der Waals surface area contributed by atoms with Gasteiger partial charge in [0.05, 0.1) is 21.2 Å². The molecule has 0 saturated carbocycles. The topological polar surface area (TPSA) is 94.9 Å². The molecule has 4 rings (SSSR count). The van der Waals surface area contributed by atoms with Crippen molar-refractivity contribution in [3.05, 3.63) is 83.3 Å². The Kier molecular flexibility index (Phi) is 6.02. The summed E-state index contributed by atoms with van der Waals surface area (Å²) >= 11 is 11.8. The van der Waals surface area contributed by atoms with E-state index in [1.54, 1.807) is 42.5 Å². The highest BCUT2D eigenvalue weighted by atomic mass is 79.9. The number of thiophene rings is 2. The second-order valence-electron chi connectivity index (χ2n) is 6.68. The number of benzene rings is 1. The van der Waals surface area contributed by atoms with Gasteiger partial charge in [-0.3, -0.25) is 19.3 Å². The number of carboxylic acid groups (broad SMARTS) is 1. The Balaban J connectivity index is 1.79. The number of aliphatic carboxylic acids is 1. The molecule has 0 fully saturated rings. The van der Waals surface area contributed by atoms with E-state index in [4.69, 9.17) is 16.7 Å². The van der Waals surface area contributed by atoms with Gasteiger partial charge in [-0.05, 0) is 51.8 Å². The summed E-state index contributed by atoms with van der Waals surface area (Å²) in [5, 5.41) is 21.5. The number of carboxylic acids is 1. The van der Waals surface area contributed by atoms with Crippen LogP contribution < -0.4 is 4.90 Å². The molecule has 0 radical (unpaired) electrons. The molecule has 1 aromatic carbocycles. The maximum Gasteiger partial charge on any atom is 0.307 e. The van der Waals surface area contributed by atoms with Crippen LogP contribution in [0.15, 0.2) is 63.6 Å². The predicted octanol–water partition coefficient (Wildman–Crippen LogP) is 5.64. The minimum Gasteiger partial charge on any atom is -0.503 e. The molecule has 2 aromatic heterocycles. The zero-order chi connectivity index (χ0) is 22.3. The molecule has 3 heterocycles. The Morgan fingerprint density at radius 3 is 2.42 bits per heavy atom. The lowest BCUT2D eigenvalue weighted by atomic mass is 10.0. The molecular formula is C21H13BrClNO5S2. The molecule has 0 spiro atoms. The lowest BCUT2D eigenvalue weighted by molar-refractivity contribution is -0.136. The van der Waals surface area contributed by atoms with Gasteiger partial charge in [-0.15, -0.1) is 22.7 Å². The fourth-order valence-corrected chi connectivity index (χ4v) is 5.90. The van der Waals surface area contributed by atoms with Crippen molar-refractivity contribution in [2.24, 2.45) is 0 Å². The van der Waals surface area contributed by atoms with Gasteiger partial charge < -0.3 is 10.2 Å². The largest absolute Gasteiger partial charge is 0.503 e. The Morgan fingerprint density at radius 1 is 1.16 bits per heavy atom. The van der Waals surface area contributed by atoms with E-state index in [2.05, 4.69) is 15.9 Å². The van der Waals surface area contributed by atoms with E-state index in [1.165, 1.54) is 16.2 Å². The Bertz CT molecular complexity index is 1230. The number of ketones is 1. The number of halogens is 2. The number of carbonyl (C=O) groups is 3. The monoisotopic (exact) mass is 537 g/mol.